The summed E-state index contributed by atoms with van der Waals surface area (Å²) in [6.45, 7) is 0. The highest BCUT2D eigenvalue weighted by atomic mass is 35.5. The number of nitrogens with zero attached hydrogens (tertiary/aromatic N) is 2. The summed E-state index contributed by atoms with van der Waals surface area (Å²) in [6, 6.07) is 16.5. The van der Waals surface area contributed by atoms with E-state index in [1.807, 2.05) is 24.3 Å². The van der Waals surface area contributed by atoms with Crippen LogP contribution in [0.25, 0.3) is 11.3 Å². The van der Waals surface area contributed by atoms with E-state index >= 15 is 0 Å². The predicted octanol–water partition coefficient (Wildman–Crippen LogP) is 6.64. The van der Waals surface area contributed by atoms with E-state index in [9.17, 15) is 18.4 Å². The lowest BCUT2D eigenvalue weighted by molar-refractivity contribution is -0.138. The first-order valence-corrected chi connectivity index (χ1v) is 10.2. The molecule has 2 aromatic carbocycles. The molecule has 3 rings (SSSR count). The van der Waals surface area contributed by atoms with Gasteiger partial charge in [0.25, 0.3) is 0 Å². The fourth-order valence-corrected chi connectivity index (χ4v) is 4.05. The third kappa shape index (κ3) is 5.07. The second-order valence-electron chi connectivity index (χ2n) is 6.27. The van der Waals surface area contributed by atoms with Crippen molar-refractivity contribution in [2.75, 3.05) is 12.9 Å². The molecule has 0 saturated carbocycles. The summed E-state index contributed by atoms with van der Waals surface area (Å²) in [5, 5.41) is 9.74. The van der Waals surface area contributed by atoms with Crippen molar-refractivity contribution in [1.82, 2.24) is 4.98 Å². The van der Waals surface area contributed by atoms with E-state index in [0.717, 1.165) is 29.1 Å². The Balaban J connectivity index is 1.94. The average Bonchev–Trinajstić information content (AvgIpc) is 2.73. The van der Waals surface area contributed by atoms with Crippen molar-refractivity contribution in [3.63, 3.8) is 0 Å². The summed E-state index contributed by atoms with van der Waals surface area (Å²) >= 11 is 7.27. The van der Waals surface area contributed by atoms with Crippen molar-refractivity contribution >= 4 is 23.4 Å². The smallest absolute Gasteiger partial charge is 0.417 e. The van der Waals surface area contributed by atoms with E-state index < -0.39 is 17.3 Å². The third-order valence-electron chi connectivity index (χ3n) is 4.34. The Morgan fingerprint density at radius 2 is 1.83 bits per heavy atom. The average molecular weight is 449 g/mol. The van der Waals surface area contributed by atoms with Gasteiger partial charge >= 0.3 is 6.18 Å². The van der Waals surface area contributed by atoms with Crippen LogP contribution in [0.5, 0.6) is 5.75 Å². The van der Waals surface area contributed by atoms with Gasteiger partial charge in [0.15, 0.2) is 0 Å². The van der Waals surface area contributed by atoms with Crippen LogP contribution in [-0.4, -0.2) is 17.8 Å². The molecule has 0 aliphatic carbocycles. The number of hydrogen-bond acceptors (Lipinski definition) is 4. The molecule has 0 spiro atoms. The number of rotatable bonds is 6. The molecular formula is C22H16ClF3N2OS. The van der Waals surface area contributed by atoms with Crippen molar-refractivity contribution in [3.05, 3.63) is 76.3 Å². The van der Waals surface area contributed by atoms with Gasteiger partial charge in [-0.15, -0.1) is 11.8 Å². The Bertz CT molecular complexity index is 1080. The topological polar surface area (TPSA) is 45.9 Å². The number of nitriles is 1. The highest BCUT2D eigenvalue weighted by molar-refractivity contribution is 7.99. The van der Waals surface area contributed by atoms with E-state index in [2.05, 4.69) is 4.98 Å². The van der Waals surface area contributed by atoms with E-state index in [0.29, 0.717) is 17.7 Å². The molecule has 8 heteroatoms. The third-order valence-corrected chi connectivity index (χ3v) is 5.65. The molecule has 3 aromatic rings. The number of methoxy groups -OCH3 is 1. The van der Waals surface area contributed by atoms with Crippen LogP contribution in [0.1, 0.15) is 16.7 Å². The molecule has 1 aromatic heterocycles. The van der Waals surface area contributed by atoms with Crippen LogP contribution in [0.4, 0.5) is 13.2 Å². The van der Waals surface area contributed by atoms with Gasteiger partial charge in [-0.25, -0.2) is 4.98 Å². The lowest BCUT2D eigenvalue weighted by Crippen LogP contribution is -2.11. The Morgan fingerprint density at radius 3 is 2.43 bits per heavy atom. The number of aromatic nitrogens is 1. The van der Waals surface area contributed by atoms with Crippen LogP contribution in [0.3, 0.4) is 0 Å². The van der Waals surface area contributed by atoms with Crippen LogP contribution in [0.2, 0.25) is 5.02 Å². The number of ether oxygens (including phenoxy) is 1. The number of halogens is 4. The van der Waals surface area contributed by atoms with Crippen molar-refractivity contribution in [1.29, 1.82) is 5.26 Å². The van der Waals surface area contributed by atoms with E-state index in [-0.39, 0.29) is 15.7 Å². The van der Waals surface area contributed by atoms with Gasteiger partial charge < -0.3 is 4.74 Å². The first-order chi connectivity index (χ1) is 14.3. The summed E-state index contributed by atoms with van der Waals surface area (Å²) in [5.74, 6) is 1.18. The van der Waals surface area contributed by atoms with Crippen LogP contribution < -0.4 is 4.74 Å². The molecule has 0 atom stereocenters. The molecule has 0 bridgehead atoms. The van der Waals surface area contributed by atoms with Crippen LogP contribution in [0, 0.1) is 11.3 Å². The largest absolute Gasteiger partial charge is 0.497 e. The summed E-state index contributed by atoms with van der Waals surface area (Å²) in [4.78, 5) is 4.34. The molecule has 0 N–H and O–H groups in total. The standard InChI is InChI=1S/C22H16ClF3N2OS/c1-29-15-8-6-14(7-9-15)10-11-30-21-17(13-27)18(22(24,25)26)12-20(28-21)16-4-2-3-5-19(16)23/h2-9,12H,10-11H2,1H3. The molecule has 1 heterocycles. The van der Waals surface area contributed by atoms with Crippen LogP contribution >= 0.6 is 23.4 Å². The van der Waals surface area contributed by atoms with Gasteiger partial charge in [0.2, 0.25) is 0 Å². The number of aryl methyl sites for hydroxylation is 1. The Hall–Kier alpha value is -2.69. The highest BCUT2D eigenvalue weighted by Gasteiger charge is 2.36. The van der Waals surface area contributed by atoms with Crippen molar-refractivity contribution in [3.8, 4) is 23.1 Å². The van der Waals surface area contributed by atoms with Gasteiger partial charge in [-0.05, 0) is 36.2 Å². The van der Waals surface area contributed by atoms with Crippen LogP contribution in [0.15, 0.2) is 59.6 Å². The summed E-state index contributed by atoms with van der Waals surface area (Å²) in [7, 11) is 1.57. The second kappa shape index (κ2) is 9.41. The number of thioether (sulfide) groups is 1. The number of hydrogen-bond donors (Lipinski definition) is 0. The Labute approximate surface area is 181 Å². The number of pyridine rings is 1. The molecule has 0 aliphatic rings. The highest BCUT2D eigenvalue weighted by Crippen LogP contribution is 2.39. The van der Waals surface area contributed by atoms with Crippen molar-refractivity contribution in [2.24, 2.45) is 0 Å². The zero-order valence-corrected chi connectivity index (χ0v) is 17.4. The minimum absolute atomic E-state index is 0.0377. The number of alkyl halides is 3. The van der Waals surface area contributed by atoms with Gasteiger partial charge in [-0.1, -0.05) is 41.9 Å². The Morgan fingerprint density at radius 1 is 1.13 bits per heavy atom. The maximum atomic E-state index is 13.6. The van der Waals surface area contributed by atoms with Crippen LogP contribution in [-0.2, 0) is 12.6 Å². The van der Waals surface area contributed by atoms with Crippen molar-refractivity contribution < 1.29 is 17.9 Å². The molecule has 154 valence electrons. The van der Waals surface area contributed by atoms with Gasteiger partial charge in [0.05, 0.1) is 23.9 Å². The molecule has 0 unspecified atom stereocenters. The first-order valence-electron chi connectivity index (χ1n) is 8.86. The second-order valence-corrected chi connectivity index (χ2v) is 7.76. The lowest BCUT2D eigenvalue weighted by atomic mass is 10.1. The van der Waals surface area contributed by atoms with E-state index in [1.165, 1.54) is 0 Å². The predicted molar refractivity (Wildman–Crippen MR) is 112 cm³/mol. The fourth-order valence-electron chi connectivity index (χ4n) is 2.82. The molecule has 0 radical (unpaired) electrons. The summed E-state index contributed by atoms with van der Waals surface area (Å²) < 4.78 is 46.0. The molecule has 30 heavy (non-hydrogen) atoms. The van der Waals surface area contributed by atoms with Crippen molar-refractivity contribution in [2.45, 2.75) is 17.6 Å². The minimum atomic E-state index is -4.69. The quantitative estimate of drug-likeness (QED) is 0.397. The zero-order chi connectivity index (χ0) is 21.7. The first kappa shape index (κ1) is 22.0. The SMILES string of the molecule is COc1ccc(CCSc2nc(-c3ccccc3Cl)cc(C(F)(F)F)c2C#N)cc1. The maximum absolute atomic E-state index is 13.6. The summed E-state index contributed by atoms with van der Waals surface area (Å²) in [6.07, 6.45) is -4.09. The molecule has 0 aliphatic heterocycles. The summed E-state index contributed by atoms with van der Waals surface area (Å²) in [5.41, 5.74) is -0.0231. The zero-order valence-electron chi connectivity index (χ0n) is 15.8. The monoisotopic (exact) mass is 448 g/mol. The normalized spacial score (nSPS) is 11.2. The van der Waals surface area contributed by atoms with Gasteiger partial charge in [-0.2, -0.15) is 18.4 Å². The van der Waals surface area contributed by atoms with Gasteiger partial charge in [0.1, 0.15) is 16.8 Å². The molecule has 0 saturated heterocycles. The number of benzene rings is 2. The van der Waals surface area contributed by atoms with E-state index in [1.54, 1.807) is 37.4 Å². The molecular weight excluding hydrogens is 433 g/mol. The van der Waals surface area contributed by atoms with Gasteiger partial charge in [-0.3, -0.25) is 0 Å². The maximum Gasteiger partial charge on any atom is 0.417 e. The fraction of sp³-hybridized carbons (Fsp3) is 0.182. The Kier molecular flexibility index (Phi) is 6.91. The lowest BCUT2D eigenvalue weighted by Gasteiger charge is -2.15. The molecule has 0 fully saturated rings. The molecule has 0 amide bonds. The minimum Gasteiger partial charge on any atom is -0.497 e. The van der Waals surface area contributed by atoms with Gasteiger partial charge in [0, 0.05) is 16.3 Å². The van der Waals surface area contributed by atoms with E-state index in [4.69, 9.17) is 16.3 Å². The molecule has 3 nitrogen and oxygen atoms in total.